The van der Waals surface area contributed by atoms with Crippen LogP contribution in [-0.2, 0) is 15.6 Å². The van der Waals surface area contributed by atoms with E-state index in [4.69, 9.17) is 11.6 Å². The van der Waals surface area contributed by atoms with E-state index in [0.717, 1.165) is 59.8 Å². The van der Waals surface area contributed by atoms with Crippen LogP contribution >= 0.6 is 11.6 Å². The molecule has 1 aliphatic carbocycles. The number of aliphatic carboxylic acids is 1. The highest BCUT2D eigenvalue weighted by atomic mass is 35.5. The van der Waals surface area contributed by atoms with Crippen LogP contribution < -0.4 is 4.90 Å². The lowest BCUT2D eigenvalue weighted by atomic mass is 9.67. The minimum atomic E-state index is -0.794. The molecule has 2 heterocycles. The monoisotopic (exact) mass is 795 g/mol. The normalized spacial score (nSPS) is 23.6. The standard InChI is InChI=1S/C53H63ClN2O2/c1-12-55-41-25-21-35-17-13-15-19-39(35)46(41)52(10,33-49(2,3)4)43(55)27-23-37-31-51(8,9)32-38(48(37)54)24-28-44-53(11,34-50(5,6)7)47-40-20-16-14-18-36(40)22-26-42(47)56(44)30-29-45(57)58/h13-28H,12,29-34H2,1-11H3/p+1. The topological polar surface area (TPSA) is 43.5 Å². The van der Waals surface area contributed by atoms with E-state index in [1.54, 1.807) is 0 Å². The van der Waals surface area contributed by atoms with Crippen molar-refractivity contribution in [3.05, 3.63) is 130 Å². The number of halogens is 1. The number of allylic oxidation sites excluding steroid dienone is 8. The lowest BCUT2D eigenvalue weighted by Gasteiger charge is -2.36. The van der Waals surface area contributed by atoms with Gasteiger partial charge in [-0.3, -0.25) is 4.79 Å². The molecule has 1 N–H and O–H groups in total. The zero-order chi connectivity index (χ0) is 42.0. The number of carboxylic acid groups (broad SMARTS) is 1. The summed E-state index contributed by atoms with van der Waals surface area (Å²) in [7, 11) is 0. The Labute approximate surface area is 352 Å². The lowest BCUT2D eigenvalue weighted by molar-refractivity contribution is -0.436. The smallest absolute Gasteiger partial charge is 0.309 e. The zero-order valence-electron chi connectivity index (χ0n) is 36.8. The second-order valence-corrected chi connectivity index (χ2v) is 21.2. The summed E-state index contributed by atoms with van der Waals surface area (Å²) < 4.78 is 2.28. The number of rotatable bonds is 9. The Morgan fingerprint density at radius 2 is 1.36 bits per heavy atom. The van der Waals surface area contributed by atoms with Gasteiger partial charge in [-0.15, -0.1) is 0 Å². The van der Waals surface area contributed by atoms with Gasteiger partial charge in [-0.2, -0.15) is 4.58 Å². The molecular formula is C53H64ClN2O2+. The molecule has 0 aromatic heterocycles. The molecule has 0 amide bonds. The van der Waals surface area contributed by atoms with Gasteiger partial charge in [-0.1, -0.05) is 134 Å². The molecule has 0 saturated heterocycles. The van der Waals surface area contributed by atoms with Gasteiger partial charge in [0, 0.05) is 46.1 Å². The van der Waals surface area contributed by atoms with Gasteiger partial charge >= 0.3 is 5.97 Å². The molecule has 3 aliphatic rings. The van der Waals surface area contributed by atoms with Crippen molar-refractivity contribution in [1.29, 1.82) is 0 Å². The summed E-state index contributed by atoms with van der Waals surface area (Å²) in [5.41, 5.74) is 9.42. The molecule has 7 rings (SSSR count). The number of likely N-dealkylation sites (N-methyl/N-ethyl adjacent to an activating group) is 1. The quantitative estimate of drug-likeness (QED) is 0.172. The van der Waals surface area contributed by atoms with Gasteiger partial charge < -0.3 is 10.0 Å². The maximum absolute atomic E-state index is 12.1. The highest BCUT2D eigenvalue weighted by Gasteiger charge is 2.51. The number of benzene rings is 4. The zero-order valence-corrected chi connectivity index (χ0v) is 37.6. The average molecular weight is 797 g/mol. The van der Waals surface area contributed by atoms with Crippen LogP contribution in [0.4, 0.5) is 11.4 Å². The fourth-order valence-electron chi connectivity index (χ4n) is 11.1. The van der Waals surface area contributed by atoms with E-state index in [1.165, 1.54) is 44.1 Å². The predicted molar refractivity (Wildman–Crippen MR) is 247 cm³/mol. The summed E-state index contributed by atoms with van der Waals surface area (Å²) in [5.74, 6) is -0.794. The third-order valence-electron chi connectivity index (χ3n) is 12.6. The Morgan fingerprint density at radius 3 is 1.97 bits per heavy atom. The summed E-state index contributed by atoms with van der Waals surface area (Å²) in [4.78, 5) is 14.6. The molecule has 4 nitrogen and oxygen atoms in total. The van der Waals surface area contributed by atoms with Crippen LogP contribution in [0.3, 0.4) is 0 Å². The van der Waals surface area contributed by atoms with Crippen molar-refractivity contribution >= 4 is 56.2 Å². The van der Waals surface area contributed by atoms with Gasteiger partial charge in [-0.25, -0.2) is 0 Å². The van der Waals surface area contributed by atoms with Crippen molar-refractivity contribution in [3.8, 4) is 0 Å². The van der Waals surface area contributed by atoms with Gasteiger partial charge in [0.1, 0.15) is 6.42 Å². The van der Waals surface area contributed by atoms with E-state index in [9.17, 15) is 9.90 Å². The van der Waals surface area contributed by atoms with Crippen molar-refractivity contribution in [2.45, 2.75) is 119 Å². The van der Waals surface area contributed by atoms with Gasteiger partial charge in [0.2, 0.25) is 5.69 Å². The van der Waals surface area contributed by atoms with E-state index in [1.807, 2.05) is 0 Å². The predicted octanol–water partition coefficient (Wildman–Crippen LogP) is 14.2. The second-order valence-electron chi connectivity index (χ2n) is 20.9. The molecule has 2 atom stereocenters. The highest BCUT2D eigenvalue weighted by molar-refractivity contribution is 6.32. The molecule has 58 heavy (non-hydrogen) atoms. The molecule has 2 aliphatic heterocycles. The fraction of sp³-hybridized carbons (Fsp3) is 0.434. The van der Waals surface area contributed by atoms with Crippen LogP contribution in [0, 0.1) is 16.2 Å². The Bertz CT molecular complexity index is 2460. The minimum Gasteiger partial charge on any atom is -0.481 e. The van der Waals surface area contributed by atoms with E-state index in [0.29, 0.717) is 6.54 Å². The van der Waals surface area contributed by atoms with Crippen molar-refractivity contribution in [3.63, 3.8) is 0 Å². The SMILES string of the molecule is CCN1/C(=C/C=C2\CC(C)(C)CC(/C=C/C3=[N+](CCC(=O)O)c4ccc5ccccc5c4C3(C)CC(C)(C)C)=C2Cl)C(C)(CC(C)(C)C)c2c1ccc1ccccc21. The highest BCUT2D eigenvalue weighted by Crippen LogP contribution is 2.56. The van der Waals surface area contributed by atoms with E-state index in [2.05, 4.69) is 183 Å². The van der Waals surface area contributed by atoms with Crippen molar-refractivity contribution < 1.29 is 14.5 Å². The summed E-state index contributed by atoms with van der Waals surface area (Å²) in [6, 6.07) is 26.4. The van der Waals surface area contributed by atoms with Crippen LogP contribution in [0.1, 0.15) is 119 Å². The Hall–Kier alpha value is -4.41. The number of hydrogen-bond donors (Lipinski definition) is 1. The molecule has 4 aromatic carbocycles. The van der Waals surface area contributed by atoms with Gasteiger partial charge in [0.05, 0.1) is 5.41 Å². The first-order valence-corrected chi connectivity index (χ1v) is 21.7. The number of anilines is 1. The van der Waals surface area contributed by atoms with Gasteiger partial charge in [0.15, 0.2) is 12.3 Å². The van der Waals surface area contributed by atoms with Gasteiger partial charge in [0.25, 0.3) is 0 Å². The lowest BCUT2D eigenvalue weighted by Crippen LogP contribution is -2.36. The Morgan fingerprint density at radius 1 is 0.776 bits per heavy atom. The average Bonchev–Trinajstić information content (AvgIpc) is 3.51. The molecule has 0 bridgehead atoms. The number of carbonyl (C=O) groups is 1. The van der Waals surface area contributed by atoms with Crippen LogP contribution in [0.5, 0.6) is 0 Å². The van der Waals surface area contributed by atoms with E-state index >= 15 is 0 Å². The van der Waals surface area contributed by atoms with E-state index < -0.39 is 5.97 Å². The van der Waals surface area contributed by atoms with Crippen LogP contribution in [-0.4, -0.2) is 34.5 Å². The first-order valence-electron chi connectivity index (χ1n) is 21.3. The maximum atomic E-state index is 12.1. The summed E-state index contributed by atoms with van der Waals surface area (Å²) in [6.07, 6.45) is 12.9. The van der Waals surface area contributed by atoms with Gasteiger partial charge in [-0.05, 0) is 119 Å². The summed E-state index contributed by atoms with van der Waals surface area (Å²) in [6.45, 7) is 27.0. The fourth-order valence-corrected chi connectivity index (χ4v) is 11.4. The molecule has 0 spiro atoms. The molecule has 5 heteroatoms. The van der Waals surface area contributed by atoms with Crippen molar-refractivity contribution in [2.75, 3.05) is 18.0 Å². The third kappa shape index (κ3) is 7.74. The molecule has 0 fully saturated rings. The van der Waals surface area contributed by atoms with Crippen LogP contribution in [0.25, 0.3) is 21.5 Å². The number of nitrogens with zero attached hydrogens (tertiary/aromatic N) is 2. The molecule has 4 aromatic rings. The van der Waals surface area contributed by atoms with Crippen molar-refractivity contribution in [2.24, 2.45) is 16.2 Å². The number of hydrogen-bond acceptors (Lipinski definition) is 2. The Balaban J connectivity index is 1.37. The first kappa shape index (κ1) is 41.7. The molecular weight excluding hydrogens is 732 g/mol. The van der Waals surface area contributed by atoms with E-state index in [-0.39, 0.29) is 33.5 Å². The maximum Gasteiger partial charge on any atom is 0.309 e. The number of fused-ring (bicyclic) bond motifs is 6. The minimum absolute atomic E-state index is 0.00633. The second kappa shape index (κ2) is 15.0. The Kier molecular flexibility index (Phi) is 10.8. The van der Waals surface area contributed by atoms with Crippen molar-refractivity contribution in [1.82, 2.24) is 0 Å². The van der Waals surface area contributed by atoms with Crippen LogP contribution in [0.15, 0.2) is 119 Å². The third-order valence-corrected chi connectivity index (χ3v) is 13.1. The summed E-state index contributed by atoms with van der Waals surface area (Å²) >= 11 is 7.56. The first-order chi connectivity index (χ1) is 27.2. The molecule has 0 radical (unpaired) electrons. The summed E-state index contributed by atoms with van der Waals surface area (Å²) in [5, 5.41) is 15.8. The largest absolute Gasteiger partial charge is 0.481 e. The molecule has 0 saturated carbocycles. The number of carboxylic acids is 1. The molecule has 304 valence electrons. The molecule has 2 unspecified atom stereocenters. The van der Waals surface area contributed by atoms with Crippen LogP contribution in [0.2, 0.25) is 0 Å².